The molecule has 0 aliphatic heterocycles. The molecule has 0 aromatic rings. The third-order valence-electron chi connectivity index (χ3n) is 2.94. The third kappa shape index (κ3) is 14.5. The van der Waals surface area contributed by atoms with Gasteiger partial charge in [0.05, 0.1) is 0 Å². The minimum Gasteiger partial charge on any atom is -0.480 e. The van der Waals surface area contributed by atoms with Crippen molar-refractivity contribution in [3.8, 4) is 0 Å². The van der Waals surface area contributed by atoms with E-state index in [2.05, 4.69) is 15.6 Å². The summed E-state index contributed by atoms with van der Waals surface area (Å²) in [6.45, 7) is 12.5. The molecular weight excluding hydrogens is 354 g/mol. The Morgan fingerprint density at radius 1 is 1.00 bits per heavy atom. The Kier molecular flexibility index (Phi) is 9.82. The maximum absolute atomic E-state index is 11.7. The van der Waals surface area contributed by atoms with E-state index in [9.17, 15) is 19.5 Å². The standard InChI is InChI=1S/C18H33N3O6/c1-12(20-15(24)26-17(2,3)4)19-11-9-8-10-13(14(22)23)21-16(25)27-18(5,6)7/h13H,8-11H2,1-7H3,(H,21,25)(H,22,23)(H,19,20,24)/t13-/m0/s1. The fraction of sp³-hybridized carbons (Fsp3) is 0.778. The molecule has 9 nitrogen and oxygen atoms in total. The van der Waals surface area contributed by atoms with Crippen LogP contribution in [0.15, 0.2) is 4.99 Å². The van der Waals surface area contributed by atoms with Gasteiger partial charge in [-0.3, -0.25) is 0 Å². The van der Waals surface area contributed by atoms with E-state index in [1.165, 1.54) is 0 Å². The van der Waals surface area contributed by atoms with E-state index in [0.717, 1.165) is 0 Å². The summed E-state index contributed by atoms with van der Waals surface area (Å²) in [5, 5.41) is 14.5. The Balaban J connectivity index is 4.23. The van der Waals surface area contributed by atoms with E-state index in [4.69, 9.17) is 9.47 Å². The molecule has 27 heavy (non-hydrogen) atoms. The molecule has 0 fully saturated rings. The average molecular weight is 387 g/mol. The lowest BCUT2D eigenvalue weighted by Crippen LogP contribution is -2.43. The van der Waals surface area contributed by atoms with Gasteiger partial charge in [-0.2, -0.15) is 4.99 Å². The van der Waals surface area contributed by atoms with Crippen LogP contribution in [0.25, 0.3) is 0 Å². The Bertz CT molecular complexity index is 546. The number of amides is 2. The number of nitrogens with one attached hydrogen (secondary N) is 2. The van der Waals surface area contributed by atoms with Gasteiger partial charge in [0.2, 0.25) is 0 Å². The summed E-state index contributed by atoms with van der Waals surface area (Å²) >= 11 is 0. The van der Waals surface area contributed by atoms with Crippen molar-refractivity contribution in [2.75, 3.05) is 6.54 Å². The Labute approximate surface area is 160 Å². The van der Waals surface area contributed by atoms with Crippen molar-refractivity contribution < 1.29 is 29.0 Å². The molecule has 0 aliphatic carbocycles. The minimum atomic E-state index is -1.11. The van der Waals surface area contributed by atoms with Gasteiger partial charge in [0, 0.05) is 6.54 Å². The lowest BCUT2D eigenvalue weighted by atomic mass is 10.1. The molecule has 0 bridgehead atoms. The van der Waals surface area contributed by atoms with Gasteiger partial charge in [-0.1, -0.05) is 0 Å². The second-order valence-electron chi connectivity index (χ2n) is 8.14. The first-order chi connectivity index (χ1) is 12.2. The van der Waals surface area contributed by atoms with Crippen LogP contribution >= 0.6 is 0 Å². The highest BCUT2D eigenvalue weighted by atomic mass is 16.6. The zero-order chi connectivity index (χ0) is 21.3. The zero-order valence-electron chi connectivity index (χ0n) is 17.3. The summed E-state index contributed by atoms with van der Waals surface area (Å²) in [5.41, 5.74) is -1.30. The highest BCUT2D eigenvalue weighted by Crippen LogP contribution is 2.09. The number of amidine groups is 1. The number of unbranched alkanes of at least 4 members (excludes halogenated alkanes) is 1. The fourth-order valence-corrected chi connectivity index (χ4v) is 1.91. The summed E-state index contributed by atoms with van der Waals surface area (Å²) in [6.07, 6.45) is 0.0345. The average Bonchev–Trinajstić information content (AvgIpc) is 2.40. The van der Waals surface area contributed by atoms with Crippen LogP contribution in [0.5, 0.6) is 0 Å². The van der Waals surface area contributed by atoms with Crippen molar-refractivity contribution in [1.29, 1.82) is 0 Å². The molecule has 2 amide bonds. The Morgan fingerprint density at radius 2 is 1.56 bits per heavy atom. The van der Waals surface area contributed by atoms with E-state index in [1.807, 2.05) is 0 Å². The topological polar surface area (TPSA) is 126 Å². The number of carbonyl (C=O) groups excluding carboxylic acids is 2. The van der Waals surface area contributed by atoms with Crippen LogP contribution in [0, 0.1) is 0 Å². The molecule has 0 radical (unpaired) electrons. The second kappa shape index (κ2) is 10.7. The van der Waals surface area contributed by atoms with Gasteiger partial charge >= 0.3 is 18.2 Å². The summed E-state index contributed by atoms with van der Waals surface area (Å²) < 4.78 is 10.1. The lowest BCUT2D eigenvalue weighted by Gasteiger charge is -2.22. The number of ether oxygens (including phenoxy) is 2. The Hall–Kier alpha value is -2.32. The molecule has 0 heterocycles. The molecule has 0 rings (SSSR count). The van der Waals surface area contributed by atoms with E-state index in [0.29, 0.717) is 25.2 Å². The molecule has 0 unspecified atom stereocenters. The number of aliphatic carboxylic acids is 1. The molecule has 0 aromatic heterocycles. The van der Waals surface area contributed by atoms with Crippen molar-refractivity contribution in [2.45, 2.75) is 85.0 Å². The van der Waals surface area contributed by atoms with Crippen LogP contribution in [0.4, 0.5) is 9.59 Å². The van der Waals surface area contributed by atoms with Crippen molar-refractivity contribution in [1.82, 2.24) is 10.6 Å². The van der Waals surface area contributed by atoms with Gasteiger partial charge in [0.1, 0.15) is 23.1 Å². The van der Waals surface area contributed by atoms with E-state index < -0.39 is 35.4 Å². The molecule has 1 atom stereocenters. The number of carbonyl (C=O) groups is 3. The smallest absolute Gasteiger partial charge is 0.435 e. The van der Waals surface area contributed by atoms with Gasteiger partial charge in [0.15, 0.2) is 0 Å². The first-order valence-electron chi connectivity index (χ1n) is 8.94. The molecule has 9 heteroatoms. The highest BCUT2D eigenvalue weighted by Gasteiger charge is 2.23. The van der Waals surface area contributed by atoms with Crippen LogP contribution in [-0.2, 0) is 14.3 Å². The maximum Gasteiger partial charge on any atom is 0.435 e. The van der Waals surface area contributed by atoms with Gasteiger partial charge in [-0.25, -0.2) is 14.4 Å². The molecule has 0 aromatic carbocycles. The van der Waals surface area contributed by atoms with Gasteiger partial charge in [-0.05, 0) is 67.7 Å². The van der Waals surface area contributed by atoms with Gasteiger partial charge in [0.25, 0.3) is 0 Å². The molecule has 156 valence electrons. The van der Waals surface area contributed by atoms with Crippen LogP contribution in [0.3, 0.4) is 0 Å². The van der Waals surface area contributed by atoms with Gasteiger partial charge in [-0.15, -0.1) is 0 Å². The largest absolute Gasteiger partial charge is 0.480 e. The number of rotatable bonds is 7. The third-order valence-corrected chi connectivity index (χ3v) is 2.94. The molecule has 0 saturated carbocycles. The predicted octanol–water partition coefficient (Wildman–Crippen LogP) is 3.08. The van der Waals surface area contributed by atoms with Crippen LogP contribution in [0.2, 0.25) is 0 Å². The second-order valence-corrected chi connectivity index (χ2v) is 8.14. The van der Waals surface area contributed by atoms with Crippen molar-refractivity contribution >= 4 is 24.0 Å². The monoisotopic (exact) mass is 387 g/mol. The number of hydrogen-bond acceptors (Lipinski definition) is 5. The molecule has 0 aliphatic rings. The van der Waals surface area contributed by atoms with E-state index in [1.54, 1.807) is 48.5 Å². The van der Waals surface area contributed by atoms with Crippen LogP contribution in [0.1, 0.15) is 67.7 Å². The molecule has 0 spiro atoms. The predicted molar refractivity (Wildman–Crippen MR) is 102 cm³/mol. The highest BCUT2D eigenvalue weighted by molar-refractivity contribution is 5.90. The Morgan fingerprint density at radius 3 is 2.04 bits per heavy atom. The first-order valence-corrected chi connectivity index (χ1v) is 8.94. The first kappa shape index (κ1) is 24.7. The quantitative estimate of drug-likeness (QED) is 0.348. The summed E-state index contributed by atoms with van der Waals surface area (Å²) in [5.74, 6) is -0.692. The van der Waals surface area contributed by atoms with E-state index >= 15 is 0 Å². The lowest BCUT2D eigenvalue weighted by molar-refractivity contribution is -0.139. The van der Waals surface area contributed by atoms with E-state index in [-0.39, 0.29) is 6.42 Å². The van der Waals surface area contributed by atoms with Gasteiger partial charge < -0.3 is 25.2 Å². The number of carboxylic acid groups (broad SMARTS) is 1. The van der Waals surface area contributed by atoms with Crippen molar-refractivity contribution in [3.05, 3.63) is 0 Å². The molecule has 0 saturated heterocycles. The number of aliphatic imine (C=N–C) groups is 1. The number of alkyl carbamates (subject to hydrolysis) is 1. The number of hydrogen-bond donors (Lipinski definition) is 3. The van der Waals surface area contributed by atoms with Crippen molar-refractivity contribution in [3.63, 3.8) is 0 Å². The summed E-state index contributed by atoms with van der Waals surface area (Å²) in [7, 11) is 0. The summed E-state index contributed by atoms with van der Waals surface area (Å²) in [6, 6.07) is -1.02. The maximum atomic E-state index is 11.7. The zero-order valence-corrected chi connectivity index (χ0v) is 17.3. The molecular formula is C18H33N3O6. The summed E-state index contributed by atoms with van der Waals surface area (Å²) in [4.78, 5) is 38.3. The SMILES string of the molecule is C/C(=N\C(=O)OC(C)(C)C)NCCCC[C@H](NC(=O)OC(C)(C)C)C(=O)O. The fourth-order valence-electron chi connectivity index (χ4n) is 1.91. The molecule has 3 N–H and O–H groups in total. The van der Waals surface area contributed by atoms with Crippen LogP contribution < -0.4 is 10.6 Å². The minimum absolute atomic E-state index is 0.262. The van der Waals surface area contributed by atoms with Crippen molar-refractivity contribution in [2.24, 2.45) is 4.99 Å². The number of nitrogens with zero attached hydrogens (tertiary/aromatic N) is 1. The van der Waals surface area contributed by atoms with Crippen LogP contribution in [-0.4, -0.2) is 52.9 Å². The normalized spacial score (nSPS) is 13.5. The number of carboxylic acids is 1.